The van der Waals surface area contributed by atoms with Crippen molar-refractivity contribution < 1.29 is 19.0 Å². The van der Waals surface area contributed by atoms with Gasteiger partial charge in [0.2, 0.25) is 0 Å². The molecule has 3 rings (SSSR count). The van der Waals surface area contributed by atoms with E-state index < -0.39 is 0 Å². The van der Waals surface area contributed by atoms with Crippen molar-refractivity contribution in [2.45, 2.75) is 25.9 Å². The quantitative estimate of drug-likeness (QED) is 0.836. The number of rotatable bonds is 7. The summed E-state index contributed by atoms with van der Waals surface area (Å²) >= 11 is 0. The van der Waals surface area contributed by atoms with Gasteiger partial charge in [-0.1, -0.05) is 17.7 Å². The van der Waals surface area contributed by atoms with Crippen LogP contribution in [0.4, 0.5) is 5.69 Å². The molecular weight excluding hydrogens is 318 g/mol. The summed E-state index contributed by atoms with van der Waals surface area (Å²) in [7, 11) is 0. The summed E-state index contributed by atoms with van der Waals surface area (Å²) in [6.45, 7) is 3.37. The van der Waals surface area contributed by atoms with Gasteiger partial charge >= 0.3 is 0 Å². The number of amides is 1. The number of nitrogens with one attached hydrogen (secondary N) is 1. The summed E-state index contributed by atoms with van der Waals surface area (Å²) in [6, 6.07) is 14.9. The van der Waals surface area contributed by atoms with Crippen LogP contribution < -0.4 is 14.8 Å². The van der Waals surface area contributed by atoms with E-state index in [2.05, 4.69) is 5.32 Å². The third-order valence-electron chi connectivity index (χ3n) is 3.99. The van der Waals surface area contributed by atoms with Gasteiger partial charge in [-0.2, -0.15) is 0 Å². The van der Waals surface area contributed by atoms with E-state index >= 15 is 0 Å². The van der Waals surface area contributed by atoms with Crippen LogP contribution in [0.1, 0.15) is 18.4 Å². The van der Waals surface area contributed by atoms with Crippen LogP contribution in [-0.2, 0) is 9.53 Å². The molecule has 1 aliphatic rings. The fraction of sp³-hybridized carbons (Fsp3) is 0.350. The van der Waals surface area contributed by atoms with Crippen molar-refractivity contribution in [1.82, 2.24) is 0 Å². The van der Waals surface area contributed by atoms with Gasteiger partial charge < -0.3 is 19.5 Å². The lowest BCUT2D eigenvalue weighted by atomic mass is 10.2. The first kappa shape index (κ1) is 17.3. The second kappa shape index (κ2) is 8.53. The Labute approximate surface area is 147 Å². The van der Waals surface area contributed by atoms with Crippen LogP contribution in [-0.4, -0.2) is 31.8 Å². The van der Waals surface area contributed by atoms with Crippen molar-refractivity contribution in [2.75, 3.05) is 25.1 Å². The van der Waals surface area contributed by atoms with Gasteiger partial charge in [-0.15, -0.1) is 0 Å². The number of carbonyl (C=O) groups is 1. The Balaban J connectivity index is 1.42. The number of carbonyl (C=O) groups excluding carboxylic acids is 1. The van der Waals surface area contributed by atoms with Crippen LogP contribution in [0.5, 0.6) is 11.5 Å². The maximum absolute atomic E-state index is 12.0. The molecule has 0 saturated carbocycles. The zero-order chi connectivity index (χ0) is 17.5. The molecule has 1 fully saturated rings. The van der Waals surface area contributed by atoms with Crippen molar-refractivity contribution in [3.8, 4) is 11.5 Å². The Hall–Kier alpha value is -2.53. The zero-order valence-corrected chi connectivity index (χ0v) is 14.4. The maximum atomic E-state index is 12.0. The monoisotopic (exact) mass is 341 g/mol. The molecule has 2 aromatic rings. The fourth-order valence-corrected chi connectivity index (χ4v) is 2.58. The van der Waals surface area contributed by atoms with Crippen LogP contribution >= 0.6 is 0 Å². The molecule has 1 saturated heterocycles. The lowest BCUT2D eigenvalue weighted by Crippen LogP contribution is -2.20. The first-order chi connectivity index (χ1) is 12.2. The summed E-state index contributed by atoms with van der Waals surface area (Å²) in [5.41, 5.74) is 1.86. The van der Waals surface area contributed by atoms with Crippen LogP contribution in [0.2, 0.25) is 0 Å². The van der Waals surface area contributed by atoms with Gasteiger partial charge in [0, 0.05) is 12.3 Å². The Morgan fingerprint density at radius 1 is 1.08 bits per heavy atom. The molecule has 2 aromatic carbocycles. The van der Waals surface area contributed by atoms with Gasteiger partial charge in [0.1, 0.15) is 18.1 Å². The van der Waals surface area contributed by atoms with Gasteiger partial charge in [0.15, 0.2) is 6.61 Å². The number of benzene rings is 2. The average Bonchev–Trinajstić information content (AvgIpc) is 3.14. The van der Waals surface area contributed by atoms with Gasteiger partial charge in [-0.3, -0.25) is 4.79 Å². The van der Waals surface area contributed by atoms with E-state index in [1.807, 2.05) is 55.5 Å². The Morgan fingerprint density at radius 2 is 1.76 bits per heavy atom. The topological polar surface area (TPSA) is 56.8 Å². The minimum atomic E-state index is -0.200. The lowest BCUT2D eigenvalue weighted by molar-refractivity contribution is -0.118. The van der Waals surface area contributed by atoms with Crippen molar-refractivity contribution in [1.29, 1.82) is 0 Å². The van der Waals surface area contributed by atoms with Crippen LogP contribution in [0.15, 0.2) is 48.5 Å². The Bertz CT molecular complexity index is 676. The molecule has 0 aliphatic carbocycles. The highest BCUT2D eigenvalue weighted by molar-refractivity contribution is 5.91. The highest BCUT2D eigenvalue weighted by atomic mass is 16.5. The number of hydrogen-bond donors (Lipinski definition) is 1. The van der Waals surface area contributed by atoms with Crippen LogP contribution in [0.25, 0.3) is 0 Å². The molecular formula is C20H23NO4. The van der Waals surface area contributed by atoms with E-state index in [1.165, 1.54) is 0 Å². The molecule has 1 N–H and O–H groups in total. The first-order valence-corrected chi connectivity index (χ1v) is 8.53. The summed E-state index contributed by atoms with van der Waals surface area (Å²) < 4.78 is 16.7. The highest BCUT2D eigenvalue weighted by Gasteiger charge is 2.15. The molecule has 0 bridgehead atoms. The summed E-state index contributed by atoms with van der Waals surface area (Å²) in [4.78, 5) is 12.0. The smallest absolute Gasteiger partial charge is 0.262 e. The van der Waals surface area contributed by atoms with Gasteiger partial charge in [-0.05, 0) is 56.2 Å². The molecule has 5 heteroatoms. The lowest BCUT2D eigenvalue weighted by Gasteiger charge is -2.12. The fourth-order valence-electron chi connectivity index (χ4n) is 2.58. The van der Waals surface area contributed by atoms with E-state index in [9.17, 15) is 4.79 Å². The molecule has 1 atom stereocenters. The molecule has 5 nitrogen and oxygen atoms in total. The first-order valence-electron chi connectivity index (χ1n) is 8.53. The second-order valence-corrected chi connectivity index (χ2v) is 6.12. The van der Waals surface area contributed by atoms with Crippen molar-refractivity contribution in [3.63, 3.8) is 0 Å². The minimum Gasteiger partial charge on any atom is -0.491 e. The molecule has 25 heavy (non-hydrogen) atoms. The van der Waals surface area contributed by atoms with Gasteiger partial charge in [-0.25, -0.2) is 0 Å². The number of ether oxygens (including phenoxy) is 3. The highest BCUT2D eigenvalue weighted by Crippen LogP contribution is 2.18. The van der Waals surface area contributed by atoms with Gasteiger partial charge in [0.25, 0.3) is 5.91 Å². The summed E-state index contributed by atoms with van der Waals surface area (Å²) in [5.74, 6) is 1.25. The molecule has 0 aromatic heterocycles. The van der Waals surface area contributed by atoms with Crippen LogP contribution in [0, 0.1) is 6.92 Å². The van der Waals surface area contributed by atoms with E-state index in [0.29, 0.717) is 18.0 Å². The molecule has 1 heterocycles. The standard InChI is InChI=1S/C20H23NO4/c1-15-4-8-17(9-5-15)25-14-20(22)21-16-6-10-18(11-7-16)24-13-19-3-2-12-23-19/h4-11,19H,2-3,12-14H2,1H3,(H,21,22)/t19-/m1/s1. The third-order valence-corrected chi connectivity index (χ3v) is 3.99. The molecule has 0 unspecified atom stereocenters. The SMILES string of the molecule is Cc1ccc(OCC(=O)Nc2ccc(OC[C@H]3CCCO3)cc2)cc1. The molecule has 1 amide bonds. The molecule has 0 radical (unpaired) electrons. The second-order valence-electron chi connectivity index (χ2n) is 6.12. The predicted molar refractivity (Wildman–Crippen MR) is 96.2 cm³/mol. The predicted octanol–water partition coefficient (Wildman–Crippen LogP) is 3.57. The van der Waals surface area contributed by atoms with Crippen LogP contribution in [0.3, 0.4) is 0 Å². The van der Waals surface area contributed by atoms with E-state index in [-0.39, 0.29) is 18.6 Å². The summed E-state index contributed by atoms with van der Waals surface area (Å²) in [6.07, 6.45) is 2.34. The van der Waals surface area contributed by atoms with Crippen molar-refractivity contribution in [3.05, 3.63) is 54.1 Å². The van der Waals surface area contributed by atoms with E-state index in [4.69, 9.17) is 14.2 Å². The Kier molecular flexibility index (Phi) is 5.90. The summed E-state index contributed by atoms with van der Waals surface area (Å²) in [5, 5.41) is 2.80. The maximum Gasteiger partial charge on any atom is 0.262 e. The third kappa shape index (κ3) is 5.50. The average molecular weight is 341 g/mol. The van der Waals surface area contributed by atoms with E-state index in [0.717, 1.165) is 30.8 Å². The molecule has 132 valence electrons. The van der Waals surface area contributed by atoms with Crippen molar-refractivity contribution in [2.24, 2.45) is 0 Å². The normalized spacial score (nSPS) is 16.4. The minimum absolute atomic E-state index is 0.0274. The molecule has 0 spiro atoms. The van der Waals surface area contributed by atoms with Crippen molar-refractivity contribution >= 4 is 11.6 Å². The van der Waals surface area contributed by atoms with Gasteiger partial charge in [0.05, 0.1) is 6.10 Å². The largest absolute Gasteiger partial charge is 0.491 e. The number of aryl methyl sites for hydroxylation is 1. The molecule has 1 aliphatic heterocycles. The number of anilines is 1. The zero-order valence-electron chi connectivity index (χ0n) is 14.4. The van der Waals surface area contributed by atoms with E-state index in [1.54, 1.807) is 0 Å². The Morgan fingerprint density at radius 3 is 2.44 bits per heavy atom. The number of hydrogen-bond acceptors (Lipinski definition) is 4.